The molecule has 0 saturated heterocycles. The van der Waals surface area contributed by atoms with Gasteiger partial charge in [-0.15, -0.1) is 0 Å². The first kappa shape index (κ1) is 12.8. The van der Waals surface area contributed by atoms with Gasteiger partial charge in [-0.3, -0.25) is 0 Å². The number of nitrogen functional groups attached to an aromatic ring is 1. The van der Waals surface area contributed by atoms with Gasteiger partial charge in [0.1, 0.15) is 0 Å². The van der Waals surface area contributed by atoms with Crippen LogP contribution in [0.2, 0.25) is 0 Å². The summed E-state index contributed by atoms with van der Waals surface area (Å²) in [5.74, 6) is 0. The molecule has 0 spiro atoms. The average Bonchev–Trinajstić information content (AvgIpc) is 2.17. The molecule has 1 aromatic carbocycles. The Hall–Kier alpha value is -1.23. The number of hydrogen-bond donors (Lipinski definition) is 2. The van der Waals surface area contributed by atoms with E-state index in [0.29, 0.717) is 5.69 Å². The van der Waals surface area contributed by atoms with Crippen LogP contribution in [-0.4, -0.2) is 11.3 Å². The summed E-state index contributed by atoms with van der Waals surface area (Å²) in [6.07, 6.45) is -4.81. The van der Waals surface area contributed by atoms with Gasteiger partial charge < -0.3 is 10.8 Å². The minimum atomic E-state index is -4.68. The smallest absolute Gasteiger partial charge is 0.399 e. The first-order chi connectivity index (χ1) is 7.31. The summed E-state index contributed by atoms with van der Waals surface area (Å²) >= 11 is 0. The van der Waals surface area contributed by atoms with E-state index >= 15 is 0 Å². The normalized spacial score (nSPS) is 15.8. The van der Waals surface area contributed by atoms with Crippen LogP contribution in [0.25, 0.3) is 0 Å². The molecular formula is C11H14F3NO. The van der Waals surface area contributed by atoms with E-state index < -0.39 is 11.8 Å². The number of rotatable bonds is 3. The van der Waals surface area contributed by atoms with Crippen molar-refractivity contribution >= 4 is 5.69 Å². The van der Waals surface area contributed by atoms with Crippen LogP contribution in [0.4, 0.5) is 18.9 Å². The van der Waals surface area contributed by atoms with Crippen LogP contribution in [0.5, 0.6) is 0 Å². The highest BCUT2D eigenvalue weighted by Gasteiger charge is 2.53. The Morgan fingerprint density at radius 1 is 1.19 bits per heavy atom. The van der Waals surface area contributed by atoms with E-state index in [1.165, 1.54) is 24.3 Å². The minimum Gasteiger partial charge on any atom is -0.399 e. The largest absolute Gasteiger partial charge is 0.421 e. The maximum atomic E-state index is 12.8. The molecule has 1 atom stereocenters. The number of anilines is 1. The molecule has 0 heterocycles. The summed E-state index contributed by atoms with van der Waals surface area (Å²) < 4.78 is 38.4. The molecule has 0 fully saturated rings. The zero-order valence-electron chi connectivity index (χ0n) is 8.88. The van der Waals surface area contributed by atoms with Gasteiger partial charge in [0.05, 0.1) is 0 Å². The second-order valence-electron chi connectivity index (χ2n) is 3.73. The summed E-state index contributed by atoms with van der Waals surface area (Å²) in [4.78, 5) is 0. The SMILES string of the molecule is CCCC(O)(c1ccc(N)cc1)C(F)(F)F. The van der Waals surface area contributed by atoms with Crippen LogP contribution >= 0.6 is 0 Å². The lowest BCUT2D eigenvalue weighted by molar-refractivity contribution is -0.269. The number of halogens is 3. The van der Waals surface area contributed by atoms with Crippen molar-refractivity contribution < 1.29 is 18.3 Å². The molecule has 90 valence electrons. The van der Waals surface area contributed by atoms with Gasteiger partial charge in [-0.05, 0) is 24.1 Å². The zero-order valence-corrected chi connectivity index (χ0v) is 8.88. The third kappa shape index (κ3) is 2.29. The third-order valence-electron chi connectivity index (χ3n) is 2.47. The standard InChI is InChI=1S/C11H14F3NO/c1-2-7-10(16,11(12,13)14)8-3-5-9(15)6-4-8/h3-6,16H,2,7,15H2,1H3. The summed E-state index contributed by atoms with van der Waals surface area (Å²) in [6.45, 7) is 1.59. The average molecular weight is 233 g/mol. The fourth-order valence-corrected chi connectivity index (χ4v) is 1.57. The predicted octanol–water partition coefficient (Wildman–Crippen LogP) is 2.82. The van der Waals surface area contributed by atoms with Crippen LogP contribution < -0.4 is 5.73 Å². The van der Waals surface area contributed by atoms with E-state index in [0.717, 1.165) is 0 Å². The highest BCUT2D eigenvalue weighted by molar-refractivity contribution is 5.41. The lowest BCUT2D eigenvalue weighted by Crippen LogP contribution is -2.42. The Bertz CT molecular complexity index is 347. The number of aliphatic hydroxyl groups is 1. The van der Waals surface area contributed by atoms with Gasteiger partial charge in [0.25, 0.3) is 0 Å². The Kier molecular flexibility index (Phi) is 3.48. The van der Waals surface area contributed by atoms with E-state index in [1.807, 2.05) is 0 Å². The maximum absolute atomic E-state index is 12.8. The Morgan fingerprint density at radius 3 is 2.06 bits per heavy atom. The molecule has 0 radical (unpaired) electrons. The third-order valence-corrected chi connectivity index (χ3v) is 2.47. The predicted molar refractivity (Wildman–Crippen MR) is 55.7 cm³/mol. The molecule has 0 aromatic heterocycles. The Morgan fingerprint density at radius 2 is 1.69 bits per heavy atom. The molecule has 3 N–H and O–H groups in total. The fraction of sp³-hybridized carbons (Fsp3) is 0.455. The molecule has 0 bridgehead atoms. The van der Waals surface area contributed by atoms with Crippen molar-refractivity contribution in [1.82, 2.24) is 0 Å². The van der Waals surface area contributed by atoms with Crippen LogP contribution in [-0.2, 0) is 5.60 Å². The molecular weight excluding hydrogens is 219 g/mol. The van der Waals surface area contributed by atoms with Gasteiger partial charge in [0.2, 0.25) is 0 Å². The van der Waals surface area contributed by atoms with E-state index in [9.17, 15) is 18.3 Å². The van der Waals surface area contributed by atoms with Gasteiger partial charge in [0, 0.05) is 5.69 Å². The summed E-state index contributed by atoms with van der Waals surface area (Å²) in [5.41, 5.74) is 2.80. The molecule has 0 aliphatic heterocycles. The summed E-state index contributed by atoms with van der Waals surface area (Å²) in [6, 6.07) is 5.11. The van der Waals surface area contributed by atoms with Crippen LogP contribution in [0.1, 0.15) is 25.3 Å². The van der Waals surface area contributed by atoms with Crippen molar-refractivity contribution in [2.45, 2.75) is 31.5 Å². The first-order valence-corrected chi connectivity index (χ1v) is 4.96. The van der Waals surface area contributed by atoms with E-state index in [-0.39, 0.29) is 18.4 Å². The molecule has 0 aliphatic carbocycles. The van der Waals surface area contributed by atoms with Gasteiger partial charge in [-0.25, -0.2) is 0 Å². The monoisotopic (exact) mass is 233 g/mol. The van der Waals surface area contributed by atoms with Gasteiger partial charge in [0.15, 0.2) is 5.60 Å². The van der Waals surface area contributed by atoms with Crippen molar-refractivity contribution in [3.8, 4) is 0 Å². The van der Waals surface area contributed by atoms with Crippen LogP contribution in [0, 0.1) is 0 Å². The number of alkyl halides is 3. The summed E-state index contributed by atoms with van der Waals surface area (Å²) in [7, 11) is 0. The quantitative estimate of drug-likeness (QED) is 0.788. The number of nitrogens with two attached hydrogens (primary N) is 1. The highest BCUT2D eigenvalue weighted by Crippen LogP contribution is 2.42. The highest BCUT2D eigenvalue weighted by atomic mass is 19.4. The number of benzene rings is 1. The van der Waals surface area contributed by atoms with Gasteiger partial charge in [-0.1, -0.05) is 25.5 Å². The molecule has 0 saturated carbocycles. The Labute approximate surface area is 91.9 Å². The van der Waals surface area contributed by atoms with Gasteiger partial charge >= 0.3 is 6.18 Å². The van der Waals surface area contributed by atoms with Crippen LogP contribution in [0.3, 0.4) is 0 Å². The second kappa shape index (κ2) is 4.33. The van der Waals surface area contributed by atoms with Gasteiger partial charge in [-0.2, -0.15) is 13.2 Å². The molecule has 0 aliphatic rings. The van der Waals surface area contributed by atoms with E-state index in [4.69, 9.17) is 5.73 Å². The first-order valence-electron chi connectivity index (χ1n) is 4.96. The van der Waals surface area contributed by atoms with Crippen molar-refractivity contribution in [1.29, 1.82) is 0 Å². The second-order valence-corrected chi connectivity index (χ2v) is 3.73. The van der Waals surface area contributed by atoms with Crippen LogP contribution in [0.15, 0.2) is 24.3 Å². The van der Waals surface area contributed by atoms with Crippen molar-refractivity contribution in [2.75, 3.05) is 5.73 Å². The van der Waals surface area contributed by atoms with Crippen molar-refractivity contribution in [3.05, 3.63) is 29.8 Å². The van der Waals surface area contributed by atoms with E-state index in [2.05, 4.69) is 0 Å². The molecule has 16 heavy (non-hydrogen) atoms. The van der Waals surface area contributed by atoms with Crippen molar-refractivity contribution in [3.63, 3.8) is 0 Å². The molecule has 0 amide bonds. The topological polar surface area (TPSA) is 46.2 Å². The lowest BCUT2D eigenvalue weighted by atomic mass is 9.88. The minimum absolute atomic E-state index is 0.170. The zero-order chi connectivity index (χ0) is 12.4. The summed E-state index contributed by atoms with van der Waals surface area (Å²) in [5, 5.41) is 9.74. The Balaban J connectivity index is 3.16. The lowest BCUT2D eigenvalue weighted by Gasteiger charge is -2.30. The van der Waals surface area contributed by atoms with Crippen molar-refractivity contribution in [2.24, 2.45) is 0 Å². The molecule has 1 unspecified atom stereocenters. The fourth-order valence-electron chi connectivity index (χ4n) is 1.57. The maximum Gasteiger partial charge on any atom is 0.421 e. The molecule has 1 aromatic rings. The molecule has 5 heteroatoms. The van der Waals surface area contributed by atoms with E-state index in [1.54, 1.807) is 6.92 Å². The molecule has 2 nitrogen and oxygen atoms in total. The number of hydrogen-bond acceptors (Lipinski definition) is 2. The molecule has 1 rings (SSSR count).